The lowest BCUT2D eigenvalue weighted by molar-refractivity contribution is -0.264. The van der Waals surface area contributed by atoms with Crippen LogP contribution in [0.2, 0.25) is 0 Å². The third kappa shape index (κ3) is 18.8. The molecule has 0 aromatic heterocycles. The van der Waals surface area contributed by atoms with Gasteiger partial charge in [0.15, 0.2) is 0 Å². The van der Waals surface area contributed by atoms with E-state index in [4.69, 9.17) is 24.4 Å². The predicted octanol–water partition coefficient (Wildman–Crippen LogP) is 10.7. The summed E-state index contributed by atoms with van der Waals surface area (Å²) in [6.07, 6.45) is 16.8. The molecule has 0 spiro atoms. The Bertz CT molecular complexity index is 1290. The van der Waals surface area contributed by atoms with E-state index in [9.17, 15) is 14.4 Å². The van der Waals surface area contributed by atoms with Gasteiger partial charge in [-0.1, -0.05) is 32.3 Å². The number of aliphatic hydroxyl groups excluding tert-OH is 1. The quantitative estimate of drug-likeness (QED) is 0.0347. The van der Waals surface area contributed by atoms with E-state index in [1.807, 2.05) is 0 Å². The molecular weight excluding hydrogens is 783 g/mol. The van der Waals surface area contributed by atoms with Gasteiger partial charge in [0.25, 0.3) is 0 Å². The second-order valence-electron chi connectivity index (χ2n) is 23.0. The van der Waals surface area contributed by atoms with Crippen molar-refractivity contribution in [2.75, 3.05) is 34.4 Å². The highest BCUT2D eigenvalue weighted by Gasteiger charge is 2.46. The highest BCUT2D eigenvalue weighted by molar-refractivity contribution is 5.78. The van der Waals surface area contributed by atoms with E-state index in [-0.39, 0.29) is 64.0 Å². The molecule has 0 bridgehead atoms. The first-order valence-corrected chi connectivity index (χ1v) is 24.3. The summed E-state index contributed by atoms with van der Waals surface area (Å²) in [6, 6.07) is 0. The molecule has 3 heterocycles. The van der Waals surface area contributed by atoms with Gasteiger partial charge in [0, 0.05) is 97.6 Å². The molecule has 62 heavy (non-hydrogen) atoms. The van der Waals surface area contributed by atoms with Crippen LogP contribution in [0, 0.1) is 5.92 Å². The molecule has 0 aromatic rings. The van der Waals surface area contributed by atoms with Crippen molar-refractivity contribution in [3.05, 3.63) is 12.3 Å². The lowest BCUT2D eigenvalue weighted by Crippen LogP contribution is -2.60. The topological polar surface area (TPSA) is 118 Å². The fourth-order valence-electron chi connectivity index (χ4n) is 10.5. The number of allylic oxidation sites excluding steroid dienone is 1. The number of aliphatic hydroxyl groups is 1. The molecule has 3 saturated heterocycles. The molecule has 0 aromatic carbocycles. The van der Waals surface area contributed by atoms with Gasteiger partial charge in [0.05, 0.1) is 6.61 Å². The maximum Gasteiger partial charge on any atom is 0.306 e. The number of Topliss-reactive ketones (excluding diaryl/α,β-unsaturated/α-hetero) is 1. The van der Waals surface area contributed by atoms with Gasteiger partial charge in [0.2, 0.25) is 0 Å². The fourth-order valence-corrected chi connectivity index (χ4v) is 10.5. The molecular formula is C51H95N3O8. The van der Waals surface area contributed by atoms with Gasteiger partial charge in [-0.2, -0.15) is 4.89 Å². The summed E-state index contributed by atoms with van der Waals surface area (Å²) >= 11 is 0. The standard InChI is InChI=1S/C30H56N2O4.C21H39NO4/c1-27(2)19-23(20-28(3,4)31(27)9)35-25(33)17-15-13-11-12-14-16-18-26(34)36-24-21-29(5,6)32(10)30(7,8)22-24;1-17(26-25-13-8-7-12-23)10-9-11-19(24)14-18-15-20(2,3)22(6)21(4,5)16-18/h23-24H,11-22H2,1-10H3;18,23H,1,7-16H2,2-6H3. The maximum absolute atomic E-state index is 12.4. The van der Waals surface area contributed by atoms with Gasteiger partial charge in [-0.3, -0.25) is 29.1 Å². The predicted molar refractivity (Wildman–Crippen MR) is 252 cm³/mol. The highest BCUT2D eigenvalue weighted by Crippen LogP contribution is 2.42. The fraction of sp³-hybridized carbons (Fsp3) is 0.902. The van der Waals surface area contributed by atoms with Crippen molar-refractivity contribution in [2.45, 2.75) is 257 Å². The van der Waals surface area contributed by atoms with E-state index >= 15 is 0 Å². The Hall–Kier alpha value is -2.05. The Morgan fingerprint density at radius 1 is 0.516 bits per heavy atom. The minimum Gasteiger partial charge on any atom is -0.462 e. The number of nitrogens with zero attached hydrogens (tertiary/aromatic N) is 3. The molecule has 0 aliphatic carbocycles. The van der Waals surface area contributed by atoms with Crippen molar-refractivity contribution in [2.24, 2.45) is 5.92 Å². The Morgan fingerprint density at radius 2 is 0.887 bits per heavy atom. The molecule has 0 amide bonds. The largest absolute Gasteiger partial charge is 0.462 e. The van der Waals surface area contributed by atoms with E-state index in [0.717, 1.165) is 89.9 Å². The van der Waals surface area contributed by atoms with E-state index in [1.54, 1.807) is 0 Å². The molecule has 0 saturated carbocycles. The summed E-state index contributed by atoms with van der Waals surface area (Å²) in [6.45, 7) is 31.3. The van der Waals surface area contributed by atoms with E-state index in [2.05, 4.69) is 126 Å². The van der Waals surface area contributed by atoms with E-state index < -0.39 is 0 Å². The summed E-state index contributed by atoms with van der Waals surface area (Å²) in [5.74, 6) is 1.24. The number of carbonyl (C=O) groups is 3. The zero-order valence-electron chi connectivity index (χ0n) is 42.6. The summed E-state index contributed by atoms with van der Waals surface area (Å²) in [4.78, 5) is 54.6. The van der Waals surface area contributed by atoms with E-state index in [1.165, 1.54) is 0 Å². The van der Waals surface area contributed by atoms with Crippen LogP contribution in [0.3, 0.4) is 0 Å². The first-order chi connectivity index (χ1) is 28.5. The molecule has 3 rings (SSSR count). The van der Waals surface area contributed by atoms with Crippen molar-refractivity contribution >= 4 is 17.7 Å². The van der Waals surface area contributed by atoms with Gasteiger partial charge < -0.3 is 19.5 Å². The third-order valence-corrected chi connectivity index (χ3v) is 14.8. The van der Waals surface area contributed by atoms with Crippen LogP contribution in [0.15, 0.2) is 12.3 Å². The number of likely N-dealkylation sites (tertiary alicyclic amines) is 3. The van der Waals surface area contributed by atoms with Crippen LogP contribution in [0.25, 0.3) is 0 Å². The summed E-state index contributed by atoms with van der Waals surface area (Å²) < 4.78 is 11.7. The summed E-state index contributed by atoms with van der Waals surface area (Å²) in [7, 11) is 6.52. The first-order valence-electron chi connectivity index (χ1n) is 24.3. The van der Waals surface area contributed by atoms with Crippen molar-refractivity contribution in [3.63, 3.8) is 0 Å². The molecule has 0 radical (unpaired) electrons. The van der Waals surface area contributed by atoms with Crippen LogP contribution >= 0.6 is 0 Å². The Balaban J connectivity index is 0.000000451. The van der Waals surface area contributed by atoms with Gasteiger partial charge >= 0.3 is 11.9 Å². The number of esters is 2. The highest BCUT2D eigenvalue weighted by atomic mass is 17.2. The van der Waals surface area contributed by atoms with Gasteiger partial charge in [-0.15, -0.1) is 0 Å². The maximum atomic E-state index is 12.4. The second kappa shape index (κ2) is 24.5. The Morgan fingerprint density at radius 3 is 1.27 bits per heavy atom. The molecule has 1 N–H and O–H groups in total. The average molecular weight is 878 g/mol. The van der Waals surface area contributed by atoms with Crippen LogP contribution in [-0.4, -0.2) is 117 Å². The number of ether oxygens (including phenoxy) is 2. The number of hydrogen-bond acceptors (Lipinski definition) is 11. The minimum absolute atomic E-state index is 0.00474. The van der Waals surface area contributed by atoms with Crippen molar-refractivity contribution in [3.8, 4) is 0 Å². The van der Waals surface area contributed by atoms with Crippen molar-refractivity contribution in [1.82, 2.24) is 14.7 Å². The number of hydrogen-bond donors (Lipinski definition) is 1. The zero-order valence-corrected chi connectivity index (χ0v) is 42.6. The molecule has 0 atom stereocenters. The average Bonchev–Trinajstić information content (AvgIpc) is 3.12. The van der Waals surface area contributed by atoms with Gasteiger partial charge in [0.1, 0.15) is 23.8 Å². The van der Waals surface area contributed by atoms with Gasteiger partial charge in [-0.05, 0) is 155 Å². The summed E-state index contributed by atoms with van der Waals surface area (Å²) in [5, 5.41) is 8.68. The minimum atomic E-state index is -0.0563. The van der Waals surface area contributed by atoms with Crippen LogP contribution in [0.5, 0.6) is 0 Å². The summed E-state index contributed by atoms with van der Waals surface area (Å²) in [5.41, 5.74) is 0.363. The van der Waals surface area contributed by atoms with Crippen molar-refractivity contribution in [1.29, 1.82) is 0 Å². The van der Waals surface area contributed by atoms with Crippen molar-refractivity contribution < 1.29 is 38.7 Å². The Kier molecular flexibility index (Phi) is 22.1. The SMILES string of the molecule is C=C(CCCC(=O)CC1CC(C)(C)N(C)C(C)(C)C1)OOCCCCO.CN1C(C)(C)CC(OC(=O)CCCCCCCCC(=O)OC2CC(C)(C)N(C)C(C)(C)C2)CC1(C)C. The lowest BCUT2D eigenvalue weighted by atomic mass is 9.72. The molecule has 3 aliphatic rings. The number of piperidine rings is 3. The Labute approximate surface area is 379 Å². The molecule has 3 aliphatic heterocycles. The molecule has 11 nitrogen and oxygen atoms in total. The second-order valence-corrected chi connectivity index (χ2v) is 23.0. The smallest absolute Gasteiger partial charge is 0.306 e. The van der Waals surface area contributed by atoms with Crippen LogP contribution < -0.4 is 0 Å². The zero-order chi connectivity index (χ0) is 47.2. The molecule has 11 heteroatoms. The molecule has 0 unspecified atom stereocenters. The van der Waals surface area contributed by atoms with Crippen LogP contribution in [0.4, 0.5) is 0 Å². The molecule has 362 valence electrons. The van der Waals surface area contributed by atoms with Gasteiger partial charge in [-0.25, -0.2) is 0 Å². The number of carbonyl (C=O) groups excluding carboxylic acids is 3. The third-order valence-electron chi connectivity index (χ3n) is 14.8. The molecule has 3 fully saturated rings. The van der Waals surface area contributed by atoms with Crippen LogP contribution in [0.1, 0.15) is 212 Å². The number of rotatable bonds is 23. The lowest BCUT2D eigenvalue weighted by Gasteiger charge is -2.53. The van der Waals surface area contributed by atoms with E-state index in [0.29, 0.717) is 62.6 Å². The normalized spacial score (nSPS) is 22.6. The first kappa shape index (κ1) is 56.1. The number of unbranched alkanes of at least 4 members (excludes halogenated alkanes) is 6. The monoisotopic (exact) mass is 878 g/mol. The number of ketones is 1. The van der Waals surface area contributed by atoms with Crippen LogP contribution in [-0.2, 0) is 33.6 Å².